The zero-order valence-corrected chi connectivity index (χ0v) is 26.8. The lowest BCUT2D eigenvalue weighted by Gasteiger charge is -2.26. The Kier molecular flexibility index (Phi) is 9.57. The maximum Gasteiger partial charge on any atom is 0.256 e. The van der Waals surface area contributed by atoms with Crippen molar-refractivity contribution in [3.63, 3.8) is 0 Å². The summed E-state index contributed by atoms with van der Waals surface area (Å²) in [4.78, 5) is 28.1. The predicted octanol–water partition coefficient (Wildman–Crippen LogP) is 5.07. The third-order valence-corrected chi connectivity index (χ3v) is 11.2. The quantitative estimate of drug-likeness (QED) is 0.353. The first-order chi connectivity index (χ1) is 20.9. The summed E-state index contributed by atoms with van der Waals surface area (Å²) < 4.78 is 49.1. The number of nitrogens with zero attached hydrogens (tertiary/aromatic N) is 1. The molecule has 9 nitrogen and oxygen atoms in total. The molecular weight excluding hydrogens is 599 g/mol. The van der Waals surface area contributed by atoms with Gasteiger partial charge in [-0.3, -0.25) is 14.5 Å². The van der Waals surface area contributed by atoms with E-state index in [4.69, 9.17) is 0 Å². The lowest BCUT2D eigenvalue weighted by Crippen LogP contribution is -2.39. The fourth-order valence-electron chi connectivity index (χ4n) is 5.86. The highest BCUT2D eigenvalue weighted by atomic mass is 32.2. The Morgan fingerprint density at radius 1 is 0.864 bits per heavy atom. The second-order valence-corrected chi connectivity index (χ2v) is 16.2. The Hall–Kier alpha value is -3.54. The average Bonchev–Trinajstić information content (AvgIpc) is 3.00. The Labute approximate surface area is 259 Å². The van der Waals surface area contributed by atoms with E-state index in [0.29, 0.717) is 36.6 Å². The zero-order chi connectivity index (χ0) is 31.5. The van der Waals surface area contributed by atoms with Crippen molar-refractivity contribution in [2.75, 3.05) is 41.5 Å². The normalized spacial score (nSPS) is 17.6. The highest BCUT2D eigenvalue weighted by Gasteiger charge is 2.24. The molecule has 0 radical (unpaired) electrons. The van der Waals surface area contributed by atoms with Gasteiger partial charge in [-0.1, -0.05) is 43.5 Å². The van der Waals surface area contributed by atoms with Crippen LogP contribution in [0.3, 0.4) is 0 Å². The van der Waals surface area contributed by atoms with Crippen LogP contribution in [-0.4, -0.2) is 64.4 Å². The van der Waals surface area contributed by atoms with Crippen molar-refractivity contribution in [3.8, 4) is 11.1 Å². The summed E-state index contributed by atoms with van der Waals surface area (Å²) in [6.45, 7) is 3.50. The molecule has 1 heterocycles. The van der Waals surface area contributed by atoms with E-state index in [9.17, 15) is 26.4 Å². The summed E-state index contributed by atoms with van der Waals surface area (Å²) in [6.07, 6.45) is 6.15. The number of benzene rings is 3. The highest BCUT2D eigenvalue weighted by Crippen LogP contribution is 2.32. The van der Waals surface area contributed by atoms with Crippen LogP contribution in [0.15, 0.2) is 65.6 Å². The van der Waals surface area contributed by atoms with Gasteiger partial charge in [-0.2, -0.15) is 0 Å². The molecule has 234 valence electrons. The maximum absolute atomic E-state index is 13.3. The fourth-order valence-corrected chi connectivity index (χ4v) is 8.04. The summed E-state index contributed by atoms with van der Waals surface area (Å²) in [5, 5.41) is 5.83. The molecule has 1 aliphatic heterocycles. The van der Waals surface area contributed by atoms with E-state index in [1.54, 1.807) is 18.2 Å². The zero-order valence-electron chi connectivity index (χ0n) is 25.1. The number of nitrogens with one attached hydrogen (secondary N) is 2. The number of rotatable bonds is 8. The van der Waals surface area contributed by atoms with Crippen molar-refractivity contribution >= 4 is 42.9 Å². The maximum atomic E-state index is 13.3. The Morgan fingerprint density at radius 2 is 1.52 bits per heavy atom. The smallest absolute Gasteiger partial charge is 0.256 e. The van der Waals surface area contributed by atoms with Gasteiger partial charge in [-0.25, -0.2) is 16.8 Å². The van der Waals surface area contributed by atoms with E-state index in [1.165, 1.54) is 12.1 Å². The van der Waals surface area contributed by atoms with Crippen molar-refractivity contribution in [2.24, 2.45) is 5.92 Å². The Bertz CT molecular complexity index is 1750. The first-order valence-corrected chi connectivity index (χ1v) is 18.7. The van der Waals surface area contributed by atoms with E-state index in [0.717, 1.165) is 55.1 Å². The van der Waals surface area contributed by atoms with Crippen molar-refractivity contribution in [2.45, 2.75) is 50.5 Å². The van der Waals surface area contributed by atoms with Crippen LogP contribution in [0.25, 0.3) is 11.1 Å². The Morgan fingerprint density at radius 3 is 2.18 bits per heavy atom. The molecule has 1 saturated heterocycles. The van der Waals surface area contributed by atoms with E-state index in [-0.39, 0.29) is 33.8 Å². The number of anilines is 2. The molecule has 1 saturated carbocycles. The molecule has 1 aliphatic carbocycles. The molecule has 0 spiro atoms. The molecule has 0 bridgehead atoms. The van der Waals surface area contributed by atoms with Crippen LogP contribution in [0.1, 0.15) is 53.6 Å². The molecule has 3 aromatic carbocycles. The topological polar surface area (TPSA) is 130 Å². The van der Waals surface area contributed by atoms with Crippen LogP contribution in [0.5, 0.6) is 0 Å². The number of carbonyl (C=O) groups is 2. The average molecular weight is 638 g/mol. The van der Waals surface area contributed by atoms with Crippen LogP contribution in [0.4, 0.5) is 11.4 Å². The molecule has 2 amide bonds. The molecule has 0 unspecified atom stereocenters. The van der Waals surface area contributed by atoms with Gasteiger partial charge < -0.3 is 10.6 Å². The van der Waals surface area contributed by atoms with Gasteiger partial charge in [0.1, 0.15) is 0 Å². The molecule has 2 fully saturated rings. The van der Waals surface area contributed by atoms with Gasteiger partial charge in [-0.15, -0.1) is 0 Å². The number of carbonyl (C=O) groups excluding carboxylic acids is 2. The van der Waals surface area contributed by atoms with Crippen LogP contribution in [0.2, 0.25) is 0 Å². The predicted molar refractivity (Wildman–Crippen MR) is 173 cm³/mol. The second kappa shape index (κ2) is 13.2. The fraction of sp³-hybridized carbons (Fsp3) is 0.394. The standard InChI is InChI=1S/C33H39N3O6S2/c1-23-8-12-28(35-32(37)25-6-4-3-5-7-25)21-30(23)26-11-15-29(31(20-26)43(2,39)40)33(38)34-27-13-9-24(10-14-27)22-36-16-18-44(41,42)19-17-36/h8-15,20-21,25H,3-7,16-19,22H2,1-2H3,(H,34,38)(H,35,37). The van der Waals surface area contributed by atoms with E-state index in [2.05, 4.69) is 15.5 Å². The first kappa shape index (κ1) is 31.9. The number of hydrogen-bond acceptors (Lipinski definition) is 7. The number of sulfone groups is 2. The monoisotopic (exact) mass is 637 g/mol. The SMILES string of the molecule is Cc1ccc(NC(=O)C2CCCCC2)cc1-c1ccc(C(=O)Nc2ccc(CN3CCS(=O)(=O)CC3)cc2)c(S(C)(=O)=O)c1. The number of hydrogen-bond donors (Lipinski definition) is 2. The minimum atomic E-state index is -3.77. The third-order valence-electron chi connectivity index (χ3n) is 8.47. The molecule has 0 atom stereocenters. The number of amides is 2. The van der Waals surface area contributed by atoms with E-state index in [1.807, 2.05) is 37.3 Å². The summed E-state index contributed by atoms with van der Waals surface area (Å²) in [5.41, 5.74) is 4.49. The van der Waals surface area contributed by atoms with Crippen LogP contribution in [0, 0.1) is 12.8 Å². The summed E-state index contributed by atoms with van der Waals surface area (Å²) in [7, 11) is -6.72. The molecule has 3 aromatic rings. The van der Waals surface area contributed by atoms with Gasteiger partial charge in [0.05, 0.1) is 22.0 Å². The largest absolute Gasteiger partial charge is 0.326 e. The van der Waals surface area contributed by atoms with Crippen molar-refractivity contribution in [1.29, 1.82) is 0 Å². The molecule has 2 N–H and O–H groups in total. The molecule has 11 heteroatoms. The van der Waals surface area contributed by atoms with E-state index >= 15 is 0 Å². The highest BCUT2D eigenvalue weighted by molar-refractivity contribution is 7.91. The van der Waals surface area contributed by atoms with Crippen molar-refractivity contribution in [3.05, 3.63) is 77.4 Å². The lowest BCUT2D eigenvalue weighted by atomic mass is 9.88. The van der Waals surface area contributed by atoms with Crippen LogP contribution < -0.4 is 10.6 Å². The van der Waals surface area contributed by atoms with Crippen molar-refractivity contribution in [1.82, 2.24) is 4.90 Å². The van der Waals surface area contributed by atoms with Crippen molar-refractivity contribution < 1.29 is 26.4 Å². The molecule has 44 heavy (non-hydrogen) atoms. The molecular formula is C33H39N3O6S2. The van der Waals surface area contributed by atoms with Gasteiger partial charge in [0.15, 0.2) is 19.7 Å². The first-order valence-electron chi connectivity index (χ1n) is 15.0. The summed E-state index contributed by atoms with van der Waals surface area (Å²) in [5.74, 6) is -0.209. The third kappa shape index (κ3) is 7.94. The van der Waals surface area contributed by atoms with Gasteiger partial charge in [0.25, 0.3) is 5.91 Å². The van der Waals surface area contributed by atoms with Gasteiger partial charge in [0, 0.05) is 43.2 Å². The minimum absolute atomic E-state index is 0.00939. The molecule has 5 rings (SSSR count). The summed E-state index contributed by atoms with van der Waals surface area (Å²) in [6, 6.07) is 17.6. The molecule has 0 aromatic heterocycles. The lowest BCUT2D eigenvalue weighted by molar-refractivity contribution is -0.120. The number of aryl methyl sites for hydroxylation is 1. The minimum Gasteiger partial charge on any atom is -0.326 e. The van der Waals surface area contributed by atoms with Crippen LogP contribution in [-0.2, 0) is 31.0 Å². The van der Waals surface area contributed by atoms with Crippen LogP contribution >= 0.6 is 0 Å². The van der Waals surface area contributed by atoms with Gasteiger partial charge in [-0.05, 0) is 78.4 Å². The second-order valence-electron chi connectivity index (χ2n) is 11.9. The van der Waals surface area contributed by atoms with Gasteiger partial charge >= 0.3 is 0 Å². The summed E-state index contributed by atoms with van der Waals surface area (Å²) >= 11 is 0. The Balaban J connectivity index is 1.32. The molecule has 2 aliphatic rings. The van der Waals surface area contributed by atoms with Gasteiger partial charge in [0.2, 0.25) is 5.91 Å². The van der Waals surface area contributed by atoms with E-state index < -0.39 is 25.6 Å².